The van der Waals surface area contributed by atoms with Crippen molar-refractivity contribution in [2.45, 2.75) is 34.1 Å². The van der Waals surface area contributed by atoms with Crippen LogP contribution >= 0.6 is 15.9 Å². The monoisotopic (exact) mass is 533 g/mol. The Morgan fingerprint density at radius 2 is 1.89 bits per heavy atom. The number of fused-ring (bicyclic) bond motifs is 1. The lowest BCUT2D eigenvalue weighted by atomic mass is 9.93. The maximum Gasteiger partial charge on any atom is 0.256 e. The number of allylic oxidation sites excluding steroid dienone is 3. The van der Waals surface area contributed by atoms with Gasteiger partial charge in [-0.2, -0.15) is 0 Å². The van der Waals surface area contributed by atoms with Gasteiger partial charge in [-0.15, -0.1) is 0 Å². The van der Waals surface area contributed by atoms with Gasteiger partial charge in [0.1, 0.15) is 0 Å². The van der Waals surface area contributed by atoms with Gasteiger partial charge in [0, 0.05) is 40.0 Å². The summed E-state index contributed by atoms with van der Waals surface area (Å²) >= 11 is 3.56. The summed E-state index contributed by atoms with van der Waals surface area (Å²) in [6, 6.07) is 14.0. The van der Waals surface area contributed by atoms with E-state index in [4.69, 9.17) is 0 Å². The van der Waals surface area contributed by atoms with Crippen molar-refractivity contribution < 1.29 is 9.59 Å². The molecule has 5 nitrogen and oxygen atoms in total. The summed E-state index contributed by atoms with van der Waals surface area (Å²) in [5, 5.41) is 6.10. The highest BCUT2D eigenvalue weighted by Crippen LogP contribution is 2.42. The SMILES string of the molecule is CCN(CC)CCNC(=O)C1=C(C)CC(/C=C2\C(=O)Nc3cccc(-c4cccc(Br)c4)c32)=C1C. The second-order valence-corrected chi connectivity index (χ2v) is 9.93. The lowest BCUT2D eigenvalue weighted by molar-refractivity contribution is -0.117. The van der Waals surface area contributed by atoms with Crippen LogP contribution in [-0.4, -0.2) is 42.9 Å². The molecule has 1 aliphatic carbocycles. The molecule has 6 heteroatoms. The summed E-state index contributed by atoms with van der Waals surface area (Å²) in [5.41, 5.74) is 8.14. The number of benzene rings is 2. The van der Waals surface area contributed by atoms with E-state index in [1.54, 1.807) is 0 Å². The van der Waals surface area contributed by atoms with E-state index in [1.807, 2.05) is 56.3 Å². The summed E-state index contributed by atoms with van der Waals surface area (Å²) in [7, 11) is 0. The molecule has 2 N–H and O–H groups in total. The van der Waals surface area contributed by atoms with E-state index in [2.05, 4.69) is 51.4 Å². The third kappa shape index (κ3) is 5.19. The van der Waals surface area contributed by atoms with Gasteiger partial charge in [-0.25, -0.2) is 0 Å². The number of amides is 2. The molecule has 0 fully saturated rings. The number of likely N-dealkylation sites (N-methyl/N-ethyl adjacent to an activating group) is 1. The van der Waals surface area contributed by atoms with Crippen LogP contribution in [0.5, 0.6) is 0 Å². The fraction of sp³-hybridized carbons (Fsp3) is 0.310. The molecule has 0 aromatic heterocycles. The molecule has 0 spiro atoms. The molecule has 0 bridgehead atoms. The van der Waals surface area contributed by atoms with E-state index in [1.165, 1.54) is 0 Å². The third-order valence-electron chi connectivity index (χ3n) is 6.85. The van der Waals surface area contributed by atoms with Crippen molar-refractivity contribution in [3.8, 4) is 11.1 Å². The van der Waals surface area contributed by atoms with Gasteiger partial charge >= 0.3 is 0 Å². The number of rotatable bonds is 8. The highest BCUT2D eigenvalue weighted by atomic mass is 79.9. The first-order chi connectivity index (χ1) is 16.8. The molecule has 0 atom stereocenters. The van der Waals surface area contributed by atoms with Crippen molar-refractivity contribution >= 4 is 39.0 Å². The summed E-state index contributed by atoms with van der Waals surface area (Å²) in [6.07, 6.45) is 2.63. The zero-order chi connectivity index (χ0) is 25.1. The average molecular weight is 534 g/mol. The Hall–Kier alpha value is -2.96. The minimum absolute atomic E-state index is 0.0355. The molecule has 2 aliphatic rings. The van der Waals surface area contributed by atoms with Gasteiger partial charge in [0.05, 0.1) is 0 Å². The second kappa shape index (κ2) is 10.8. The number of hydrogen-bond acceptors (Lipinski definition) is 3. The fourth-order valence-electron chi connectivity index (χ4n) is 4.92. The molecule has 1 heterocycles. The average Bonchev–Trinajstić information content (AvgIpc) is 3.31. The Kier molecular flexibility index (Phi) is 7.72. The van der Waals surface area contributed by atoms with E-state index in [9.17, 15) is 9.59 Å². The van der Waals surface area contributed by atoms with E-state index in [-0.39, 0.29) is 11.8 Å². The van der Waals surface area contributed by atoms with Crippen molar-refractivity contribution in [3.05, 3.63) is 80.9 Å². The summed E-state index contributed by atoms with van der Waals surface area (Å²) in [5.74, 6) is -0.149. The van der Waals surface area contributed by atoms with Gasteiger partial charge < -0.3 is 15.5 Å². The number of nitrogens with one attached hydrogen (secondary N) is 2. The standard InChI is InChI=1S/C29H32BrN3O2/c1-5-33(6-2)14-13-31-29(35)26-18(3)15-21(19(26)4)17-24-27-23(20-9-7-10-22(30)16-20)11-8-12-25(27)32-28(24)34/h7-12,16-17H,5-6,13-15H2,1-4H3,(H,31,35)(H,32,34)/b24-17-. The molecule has 0 saturated carbocycles. The Balaban J connectivity index is 1.63. The predicted octanol–water partition coefficient (Wildman–Crippen LogP) is 5.95. The molecule has 182 valence electrons. The van der Waals surface area contributed by atoms with Crippen LogP contribution in [0.3, 0.4) is 0 Å². The summed E-state index contributed by atoms with van der Waals surface area (Å²) < 4.78 is 0.987. The highest BCUT2D eigenvalue weighted by molar-refractivity contribution is 9.10. The number of halogens is 1. The van der Waals surface area contributed by atoms with Crippen LogP contribution in [0.15, 0.2) is 75.3 Å². The largest absolute Gasteiger partial charge is 0.351 e. The number of anilines is 1. The van der Waals surface area contributed by atoms with Crippen molar-refractivity contribution in [1.82, 2.24) is 10.2 Å². The van der Waals surface area contributed by atoms with Crippen LogP contribution in [0.4, 0.5) is 5.69 Å². The number of carbonyl (C=O) groups is 2. The van der Waals surface area contributed by atoms with Gasteiger partial charge in [0.2, 0.25) is 0 Å². The first-order valence-corrected chi connectivity index (χ1v) is 13.0. The first kappa shape index (κ1) is 25.1. The Bertz CT molecular complexity index is 1270. The molecule has 2 aromatic carbocycles. The molecule has 0 unspecified atom stereocenters. The third-order valence-corrected chi connectivity index (χ3v) is 7.35. The van der Waals surface area contributed by atoms with E-state index < -0.39 is 0 Å². The lowest BCUT2D eigenvalue weighted by Crippen LogP contribution is -2.35. The van der Waals surface area contributed by atoms with Crippen molar-refractivity contribution in [2.75, 3.05) is 31.5 Å². The fourth-order valence-corrected chi connectivity index (χ4v) is 5.32. The van der Waals surface area contributed by atoms with Crippen molar-refractivity contribution in [2.24, 2.45) is 0 Å². The predicted molar refractivity (Wildman–Crippen MR) is 147 cm³/mol. The Morgan fingerprint density at radius 1 is 1.14 bits per heavy atom. The zero-order valence-corrected chi connectivity index (χ0v) is 22.4. The molecular formula is C29H32BrN3O2. The van der Waals surface area contributed by atoms with Gasteiger partial charge in [-0.1, -0.05) is 59.6 Å². The van der Waals surface area contributed by atoms with Crippen LogP contribution in [0.25, 0.3) is 16.7 Å². The zero-order valence-electron chi connectivity index (χ0n) is 20.8. The smallest absolute Gasteiger partial charge is 0.256 e. The van der Waals surface area contributed by atoms with Crippen molar-refractivity contribution in [3.63, 3.8) is 0 Å². The van der Waals surface area contributed by atoms with Crippen LogP contribution in [0, 0.1) is 0 Å². The second-order valence-electron chi connectivity index (χ2n) is 9.02. The molecule has 0 radical (unpaired) electrons. The molecule has 4 rings (SSSR count). The molecule has 2 amide bonds. The molecule has 35 heavy (non-hydrogen) atoms. The van der Waals surface area contributed by atoms with Gasteiger partial charge in [0.15, 0.2) is 0 Å². The molecule has 1 aliphatic heterocycles. The van der Waals surface area contributed by atoms with Crippen LogP contribution < -0.4 is 10.6 Å². The van der Waals surface area contributed by atoms with Crippen LogP contribution in [-0.2, 0) is 9.59 Å². The van der Waals surface area contributed by atoms with E-state index >= 15 is 0 Å². The number of carbonyl (C=O) groups excluding carboxylic acids is 2. The van der Waals surface area contributed by atoms with Crippen LogP contribution in [0.2, 0.25) is 0 Å². The minimum Gasteiger partial charge on any atom is -0.351 e. The topological polar surface area (TPSA) is 61.4 Å². The number of nitrogens with zero attached hydrogens (tertiary/aromatic N) is 1. The molecular weight excluding hydrogens is 502 g/mol. The lowest BCUT2D eigenvalue weighted by Gasteiger charge is -2.18. The maximum atomic E-state index is 13.0. The quantitative estimate of drug-likeness (QED) is 0.412. The highest BCUT2D eigenvalue weighted by Gasteiger charge is 2.30. The Morgan fingerprint density at radius 3 is 2.60 bits per heavy atom. The Labute approximate surface area is 216 Å². The summed E-state index contributed by atoms with van der Waals surface area (Å²) in [6.45, 7) is 11.6. The number of hydrogen-bond donors (Lipinski definition) is 2. The first-order valence-electron chi connectivity index (χ1n) is 12.2. The van der Waals surface area contributed by atoms with E-state index in [0.29, 0.717) is 18.5 Å². The van der Waals surface area contributed by atoms with Crippen molar-refractivity contribution in [1.29, 1.82) is 0 Å². The normalized spacial score (nSPS) is 16.4. The van der Waals surface area contributed by atoms with Gasteiger partial charge in [-0.05, 0) is 79.9 Å². The van der Waals surface area contributed by atoms with Gasteiger partial charge in [-0.3, -0.25) is 9.59 Å². The minimum atomic E-state index is -0.113. The summed E-state index contributed by atoms with van der Waals surface area (Å²) in [4.78, 5) is 28.3. The van der Waals surface area contributed by atoms with Crippen LogP contribution in [0.1, 0.15) is 39.7 Å². The maximum absolute atomic E-state index is 13.0. The van der Waals surface area contributed by atoms with E-state index in [0.717, 1.165) is 68.8 Å². The molecule has 0 saturated heterocycles. The van der Waals surface area contributed by atoms with Gasteiger partial charge in [0.25, 0.3) is 11.8 Å². The molecule has 2 aromatic rings.